The summed E-state index contributed by atoms with van der Waals surface area (Å²) in [7, 11) is 4.33. The predicted molar refractivity (Wildman–Crippen MR) is 93.4 cm³/mol. The van der Waals surface area contributed by atoms with Gasteiger partial charge in [0.05, 0.1) is 38.5 Å². The van der Waals surface area contributed by atoms with Gasteiger partial charge in [0, 0.05) is 10.6 Å². The number of benzene rings is 2. The predicted octanol–water partition coefficient (Wildman–Crippen LogP) is 3.73. The van der Waals surface area contributed by atoms with E-state index in [0.29, 0.717) is 27.8 Å². The molecule has 0 atom stereocenters. The lowest BCUT2D eigenvalue weighted by molar-refractivity contribution is 0.0730. The second-order valence-corrected chi connectivity index (χ2v) is 5.68. The van der Waals surface area contributed by atoms with Crippen molar-refractivity contribution in [1.29, 1.82) is 0 Å². The number of aliphatic hydroxyl groups is 1. The highest BCUT2D eigenvalue weighted by Crippen LogP contribution is 2.39. The van der Waals surface area contributed by atoms with Gasteiger partial charge in [0.15, 0.2) is 17.2 Å². The van der Waals surface area contributed by atoms with E-state index in [-0.39, 0.29) is 16.3 Å². The monoisotopic (exact) mass is 386 g/mol. The fraction of sp³-hybridized carbons (Fsp3) is 0.235. The Morgan fingerprint density at radius 1 is 0.960 bits per heavy atom. The van der Waals surface area contributed by atoms with Crippen molar-refractivity contribution in [2.75, 3.05) is 21.3 Å². The molecule has 0 spiro atoms. The Morgan fingerprint density at radius 2 is 1.56 bits per heavy atom. The number of halogens is 2. The van der Waals surface area contributed by atoms with E-state index < -0.39 is 12.6 Å². The fourth-order valence-electron chi connectivity index (χ4n) is 2.20. The molecule has 134 valence electrons. The van der Waals surface area contributed by atoms with E-state index in [1.165, 1.54) is 45.6 Å². The van der Waals surface area contributed by atoms with Crippen molar-refractivity contribution in [2.45, 2.75) is 6.61 Å². The Morgan fingerprint density at radius 3 is 2.04 bits per heavy atom. The maximum absolute atomic E-state index is 12.5. The summed E-state index contributed by atoms with van der Waals surface area (Å²) in [6.07, 6.45) is 0. The van der Waals surface area contributed by atoms with Gasteiger partial charge in [-0.1, -0.05) is 23.2 Å². The summed E-state index contributed by atoms with van der Waals surface area (Å²) >= 11 is 12.0. The Bertz CT molecular complexity index is 766. The molecule has 1 N–H and O–H groups in total. The summed E-state index contributed by atoms with van der Waals surface area (Å²) < 4.78 is 21.0. The maximum atomic E-state index is 12.5. The van der Waals surface area contributed by atoms with Gasteiger partial charge in [0.25, 0.3) is 0 Å². The van der Waals surface area contributed by atoms with E-state index in [0.717, 1.165) is 0 Å². The van der Waals surface area contributed by atoms with Crippen LogP contribution in [0.15, 0.2) is 24.3 Å². The molecule has 0 fully saturated rings. The molecule has 0 amide bonds. The van der Waals surface area contributed by atoms with Gasteiger partial charge < -0.3 is 24.1 Å². The molecular formula is C17H16Cl2O6. The summed E-state index contributed by atoms with van der Waals surface area (Å²) in [5.74, 6) is 0.282. The normalized spacial score (nSPS) is 10.3. The van der Waals surface area contributed by atoms with Crippen LogP contribution in [0.25, 0.3) is 0 Å². The maximum Gasteiger partial charge on any atom is 0.343 e. The smallest absolute Gasteiger partial charge is 0.343 e. The number of methoxy groups -OCH3 is 3. The summed E-state index contributed by atoms with van der Waals surface area (Å²) in [5, 5.41) is 9.85. The zero-order valence-electron chi connectivity index (χ0n) is 13.8. The van der Waals surface area contributed by atoms with Crippen LogP contribution in [0.3, 0.4) is 0 Å². The molecule has 2 rings (SSSR count). The molecule has 0 heterocycles. The first kappa shape index (κ1) is 19.2. The first-order valence-corrected chi connectivity index (χ1v) is 7.81. The number of ether oxygens (including phenoxy) is 4. The quantitative estimate of drug-likeness (QED) is 0.602. The SMILES string of the molecule is COc1cc(C(=O)Oc2c(Cl)cc(Cl)cc2CO)cc(OC)c1OC. The number of rotatable bonds is 6. The van der Waals surface area contributed by atoms with E-state index in [2.05, 4.69) is 0 Å². The van der Waals surface area contributed by atoms with Crippen LogP contribution >= 0.6 is 23.2 Å². The van der Waals surface area contributed by atoms with Crippen molar-refractivity contribution < 1.29 is 28.8 Å². The highest BCUT2D eigenvalue weighted by Gasteiger charge is 2.20. The van der Waals surface area contributed by atoms with Gasteiger partial charge >= 0.3 is 5.97 Å². The van der Waals surface area contributed by atoms with E-state index in [9.17, 15) is 9.90 Å². The van der Waals surface area contributed by atoms with Crippen LogP contribution in [-0.2, 0) is 6.61 Å². The number of esters is 1. The minimum Gasteiger partial charge on any atom is -0.493 e. The van der Waals surface area contributed by atoms with E-state index in [1.54, 1.807) is 0 Å². The molecule has 0 saturated heterocycles. The topological polar surface area (TPSA) is 74.2 Å². The molecule has 8 heteroatoms. The third-order valence-corrected chi connectivity index (χ3v) is 3.85. The molecule has 0 aliphatic heterocycles. The van der Waals surface area contributed by atoms with E-state index in [1.807, 2.05) is 0 Å². The molecule has 0 aliphatic carbocycles. The number of hydrogen-bond acceptors (Lipinski definition) is 6. The molecule has 0 unspecified atom stereocenters. The third-order valence-electron chi connectivity index (χ3n) is 3.35. The molecule has 0 bridgehead atoms. The largest absolute Gasteiger partial charge is 0.493 e. The first-order chi connectivity index (χ1) is 11.9. The molecule has 2 aromatic carbocycles. The molecule has 0 saturated carbocycles. The van der Waals surface area contributed by atoms with Gasteiger partial charge in [-0.15, -0.1) is 0 Å². The van der Waals surface area contributed by atoms with Crippen LogP contribution in [-0.4, -0.2) is 32.4 Å². The molecule has 0 aliphatic rings. The number of hydrogen-bond donors (Lipinski definition) is 1. The van der Waals surface area contributed by atoms with Crippen LogP contribution in [0.1, 0.15) is 15.9 Å². The summed E-state index contributed by atoms with van der Waals surface area (Å²) in [4.78, 5) is 12.5. The lowest BCUT2D eigenvalue weighted by Crippen LogP contribution is -2.11. The van der Waals surface area contributed by atoms with Crippen molar-refractivity contribution in [3.8, 4) is 23.0 Å². The fourth-order valence-corrected chi connectivity index (χ4v) is 2.77. The highest BCUT2D eigenvalue weighted by atomic mass is 35.5. The summed E-state index contributed by atoms with van der Waals surface area (Å²) in [5.41, 5.74) is 0.447. The Balaban J connectivity index is 2.43. The average Bonchev–Trinajstić information content (AvgIpc) is 2.61. The van der Waals surface area contributed by atoms with Gasteiger partial charge in [-0.25, -0.2) is 4.79 Å². The van der Waals surface area contributed by atoms with Crippen molar-refractivity contribution in [3.05, 3.63) is 45.4 Å². The van der Waals surface area contributed by atoms with Gasteiger partial charge in [0.1, 0.15) is 0 Å². The zero-order valence-corrected chi connectivity index (χ0v) is 15.3. The van der Waals surface area contributed by atoms with Crippen molar-refractivity contribution in [1.82, 2.24) is 0 Å². The Hall–Kier alpha value is -2.15. The lowest BCUT2D eigenvalue weighted by atomic mass is 10.1. The molecule has 2 aromatic rings. The van der Waals surface area contributed by atoms with Crippen molar-refractivity contribution in [2.24, 2.45) is 0 Å². The minimum absolute atomic E-state index is 0.0346. The van der Waals surface area contributed by atoms with Crippen molar-refractivity contribution in [3.63, 3.8) is 0 Å². The van der Waals surface area contributed by atoms with E-state index >= 15 is 0 Å². The van der Waals surface area contributed by atoms with Crippen LogP contribution in [0, 0.1) is 0 Å². The third kappa shape index (κ3) is 4.10. The van der Waals surface area contributed by atoms with Gasteiger partial charge in [0.2, 0.25) is 5.75 Å². The van der Waals surface area contributed by atoms with Gasteiger partial charge in [-0.2, -0.15) is 0 Å². The molecular weight excluding hydrogens is 371 g/mol. The number of aliphatic hydroxyl groups excluding tert-OH is 1. The van der Waals surface area contributed by atoms with Crippen LogP contribution in [0.4, 0.5) is 0 Å². The molecule has 0 aromatic heterocycles. The number of carbonyl (C=O) groups excluding carboxylic acids is 1. The molecule has 6 nitrogen and oxygen atoms in total. The minimum atomic E-state index is -0.710. The van der Waals surface area contributed by atoms with Crippen LogP contribution < -0.4 is 18.9 Å². The second kappa shape index (κ2) is 8.29. The molecule has 25 heavy (non-hydrogen) atoms. The summed E-state index contributed by atoms with van der Waals surface area (Å²) in [6.45, 7) is -0.391. The van der Waals surface area contributed by atoms with Crippen LogP contribution in [0.2, 0.25) is 10.0 Å². The second-order valence-electron chi connectivity index (χ2n) is 4.84. The highest BCUT2D eigenvalue weighted by molar-refractivity contribution is 6.35. The van der Waals surface area contributed by atoms with Gasteiger partial charge in [-0.05, 0) is 24.3 Å². The van der Waals surface area contributed by atoms with Crippen LogP contribution in [0.5, 0.6) is 23.0 Å². The Kier molecular flexibility index (Phi) is 6.36. The van der Waals surface area contributed by atoms with Gasteiger partial charge in [-0.3, -0.25) is 0 Å². The molecule has 0 radical (unpaired) electrons. The Labute approximate surface area is 154 Å². The number of carbonyl (C=O) groups is 1. The zero-order chi connectivity index (χ0) is 18.6. The standard InChI is InChI=1S/C17H16Cl2O6/c1-22-13-5-9(6-14(23-2)16(13)24-3)17(21)25-15-10(8-20)4-11(18)7-12(15)19/h4-7,20H,8H2,1-3H3. The van der Waals surface area contributed by atoms with E-state index in [4.69, 9.17) is 42.1 Å². The summed E-state index contributed by atoms with van der Waals surface area (Å²) in [6, 6.07) is 5.78. The average molecular weight is 387 g/mol. The first-order valence-electron chi connectivity index (χ1n) is 7.06. The lowest BCUT2D eigenvalue weighted by Gasteiger charge is -2.15. The van der Waals surface area contributed by atoms with Crippen molar-refractivity contribution >= 4 is 29.2 Å².